The first-order valence-corrected chi connectivity index (χ1v) is 10.5. The second-order valence-electron chi connectivity index (χ2n) is 7.71. The number of anilines is 3. The van der Waals surface area contributed by atoms with Crippen LogP contribution in [0.3, 0.4) is 0 Å². The van der Waals surface area contributed by atoms with Crippen molar-refractivity contribution in [2.24, 2.45) is 0 Å². The van der Waals surface area contributed by atoms with Crippen LogP contribution >= 0.6 is 0 Å². The maximum absolute atomic E-state index is 9.51. The number of nitrogens with one attached hydrogen (secondary N) is 1. The van der Waals surface area contributed by atoms with Crippen LogP contribution in [0.15, 0.2) is 36.5 Å². The van der Waals surface area contributed by atoms with Gasteiger partial charge < -0.3 is 21.1 Å². The molecule has 3 heterocycles. The number of hydrogen-bond acceptors (Lipinski definition) is 6. The van der Waals surface area contributed by atoms with Crippen molar-refractivity contribution in [3.63, 3.8) is 0 Å². The third kappa shape index (κ3) is 4.15. The molecule has 154 valence electrons. The second-order valence-corrected chi connectivity index (χ2v) is 7.71. The van der Waals surface area contributed by atoms with E-state index in [1.54, 1.807) is 0 Å². The maximum atomic E-state index is 9.51. The van der Waals surface area contributed by atoms with Gasteiger partial charge in [0.15, 0.2) is 5.65 Å². The van der Waals surface area contributed by atoms with Gasteiger partial charge in [-0.2, -0.15) is 9.61 Å². The van der Waals surface area contributed by atoms with E-state index in [-0.39, 0.29) is 6.61 Å². The highest BCUT2D eigenvalue weighted by atomic mass is 16.3. The topological polar surface area (TPSA) is 91.7 Å². The standard InChI is InChI=1S/C22H30N6O/c1-2-17-15-25-28-20(24-14-16-6-5-7-18(23)12-16)13-21(26-22(17)28)27-10-4-3-8-19(27)9-11-29/h5-7,12-13,15,19,24,29H,2-4,8-11,14,23H2,1H3/t19-/m0/s1. The highest BCUT2D eigenvalue weighted by Crippen LogP contribution is 2.29. The van der Waals surface area contributed by atoms with Crippen LogP contribution in [0.25, 0.3) is 5.65 Å². The molecule has 4 N–H and O–H groups in total. The lowest BCUT2D eigenvalue weighted by atomic mass is 9.99. The van der Waals surface area contributed by atoms with Gasteiger partial charge in [0.2, 0.25) is 0 Å². The molecule has 1 aliphatic heterocycles. The summed E-state index contributed by atoms with van der Waals surface area (Å²) < 4.78 is 1.89. The van der Waals surface area contributed by atoms with Crippen molar-refractivity contribution in [2.75, 3.05) is 29.1 Å². The predicted molar refractivity (Wildman–Crippen MR) is 117 cm³/mol. The van der Waals surface area contributed by atoms with Crippen molar-refractivity contribution in [1.29, 1.82) is 0 Å². The number of aliphatic hydroxyl groups excluding tert-OH is 1. The van der Waals surface area contributed by atoms with Crippen LogP contribution in [-0.4, -0.2) is 38.9 Å². The monoisotopic (exact) mass is 394 g/mol. The van der Waals surface area contributed by atoms with E-state index in [4.69, 9.17) is 10.7 Å². The van der Waals surface area contributed by atoms with Crippen LogP contribution in [0.4, 0.5) is 17.3 Å². The van der Waals surface area contributed by atoms with E-state index in [1.165, 1.54) is 6.42 Å². The molecular formula is C22H30N6O. The van der Waals surface area contributed by atoms with Crippen molar-refractivity contribution in [3.05, 3.63) is 47.7 Å². The van der Waals surface area contributed by atoms with Crippen LogP contribution in [0.2, 0.25) is 0 Å². The minimum absolute atomic E-state index is 0.205. The summed E-state index contributed by atoms with van der Waals surface area (Å²) in [7, 11) is 0. The summed E-state index contributed by atoms with van der Waals surface area (Å²) >= 11 is 0. The van der Waals surface area contributed by atoms with Crippen molar-refractivity contribution < 1.29 is 5.11 Å². The van der Waals surface area contributed by atoms with E-state index < -0.39 is 0 Å². The zero-order valence-electron chi connectivity index (χ0n) is 17.0. The quantitative estimate of drug-likeness (QED) is 0.533. The average Bonchev–Trinajstić information content (AvgIpc) is 3.16. The fourth-order valence-corrected chi connectivity index (χ4v) is 4.17. The minimum Gasteiger partial charge on any atom is -0.399 e. The largest absolute Gasteiger partial charge is 0.399 e. The van der Waals surface area contributed by atoms with Crippen LogP contribution in [-0.2, 0) is 13.0 Å². The fraction of sp³-hybridized carbons (Fsp3) is 0.455. The molecule has 0 bridgehead atoms. The zero-order valence-corrected chi connectivity index (χ0v) is 17.0. The number of benzene rings is 1. The summed E-state index contributed by atoms with van der Waals surface area (Å²) in [6.45, 7) is 3.96. The van der Waals surface area contributed by atoms with Gasteiger partial charge in [-0.3, -0.25) is 0 Å². The Morgan fingerprint density at radius 1 is 1.28 bits per heavy atom. The molecule has 1 aromatic carbocycles. The summed E-state index contributed by atoms with van der Waals surface area (Å²) in [5, 5.41) is 17.6. The number of piperidine rings is 1. The first kappa shape index (κ1) is 19.5. The van der Waals surface area contributed by atoms with Crippen molar-refractivity contribution >= 4 is 23.0 Å². The van der Waals surface area contributed by atoms with Crippen molar-refractivity contribution in [3.8, 4) is 0 Å². The highest BCUT2D eigenvalue weighted by molar-refractivity contribution is 5.61. The first-order chi connectivity index (χ1) is 14.2. The molecule has 0 spiro atoms. The number of fused-ring (bicyclic) bond motifs is 1. The Labute approximate surface area is 171 Å². The van der Waals surface area contributed by atoms with Gasteiger partial charge in [0.1, 0.15) is 11.6 Å². The van der Waals surface area contributed by atoms with Gasteiger partial charge in [-0.25, -0.2) is 4.98 Å². The Balaban J connectivity index is 1.69. The molecule has 0 radical (unpaired) electrons. The lowest BCUT2D eigenvalue weighted by Crippen LogP contribution is -2.40. The number of aliphatic hydroxyl groups is 1. The summed E-state index contributed by atoms with van der Waals surface area (Å²) in [4.78, 5) is 7.34. The van der Waals surface area contributed by atoms with E-state index >= 15 is 0 Å². The summed E-state index contributed by atoms with van der Waals surface area (Å²) in [6, 6.07) is 10.3. The van der Waals surface area contributed by atoms with E-state index in [0.717, 1.165) is 66.3 Å². The van der Waals surface area contributed by atoms with E-state index in [2.05, 4.69) is 34.4 Å². The third-order valence-electron chi connectivity index (χ3n) is 5.72. The molecule has 3 aromatic rings. The SMILES string of the molecule is CCc1cnn2c(NCc3cccc(N)c3)cc(N3CCCC[C@H]3CCO)nc12. The van der Waals surface area contributed by atoms with Crippen molar-refractivity contribution in [1.82, 2.24) is 14.6 Å². The minimum atomic E-state index is 0.205. The number of aromatic nitrogens is 3. The Hall–Kier alpha value is -2.80. The number of rotatable bonds is 7. The summed E-state index contributed by atoms with van der Waals surface area (Å²) in [6.07, 6.45) is 7.02. The van der Waals surface area contributed by atoms with Crippen LogP contribution in [0.1, 0.15) is 43.7 Å². The lowest BCUT2D eigenvalue weighted by molar-refractivity contribution is 0.262. The van der Waals surface area contributed by atoms with E-state index in [0.29, 0.717) is 12.6 Å². The molecule has 1 atom stereocenters. The van der Waals surface area contributed by atoms with Crippen LogP contribution in [0, 0.1) is 0 Å². The Morgan fingerprint density at radius 2 is 2.17 bits per heavy atom. The molecular weight excluding hydrogens is 364 g/mol. The van der Waals surface area contributed by atoms with Gasteiger partial charge in [-0.1, -0.05) is 19.1 Å². The Morgan fingerprint density at radius 3 is 2.97 bits per heavy atom. The lowest BCUT2D eigenvalue weighted by Gasteiger charge is -2.36. The van der Waals surface area contributed by atoms with Gasteiger partial charge in [-0.05, 0) is 49.8 Å². The van der Waals surface area contributed by atoms with Gasteiger partial charge in [0.25, 0.3) is 0 Å². The van der Waals surface area contributed by atoms with Gasteiger partial charge >= 0.3 is 0 Å². The molecule has 1 saturated heterocycles. The normalized spacial score (nSPS) is 17.0. The molecule has 1 fully saturated rings. The highest BCUT2D eigenvalue weighted by Gasteiger charge is 2.24. The van der Waals surface area contributed by atoms with Crippen LogP contribution < -0.4 is 16.0 Å². The molecule has 0 saturated carbocycles. The average molecular weight is 395 g/mol. The molecule has 0 amide bonds. The number of nitrogen functional groups attached to an aromatic ring is 1. The molecule has 2 aromatic heterocycles. The van der Waals surface area contributed by atoms with E-state index in [1.807, 2.05) is 28.9 Å². The van der Waals surface area contributed by atoms with Crippen LogP contribution in [0.5, 0.6) is 0 Å². The molecule has 0 aliphatic carbocycles. The number of aryl methyl sites for hydroxylation is 1. The van der Waals surface area contributed by atoms with Gasteiger partial charge in [0, 0.05) is 43.1 Å². The molecule has 7 heteroatoms. The predicted octanol–water partition coefficient (Wildman–Crippen LogP) is 3.23. The maximum Gasteiger partial charge on any atom is 0.162 e. The Bertz CT molecular complexity index is 967. The number of nitrogens with two attached hydrogens (primary N) is 1. The zero-order chi connectivity index (χ0) is 20.2. The third-order valence-corrected chi connectivity index (χ3v) is 5.72. The number of nitrogens with zero attached hydrogens (tertiary/aromatic N) is 4. The second kappa shape index (κ2) is 8.69. The molecule has 0 unspecified atom stereocenters. The molecule has 7 nitrogen and oxygen atoms in total. The smallest absolute Gasteiger partial charge is 0.162 e. The first-order valence-electron chi connectivity index (χ1n) is 10.5. The van der Waals surface area contributed by atoms with Gasteiger partial charge in [0.05, 0.1) is 6.20 Å². The number of hydrogen-bond donors (Lipinski definition) is 3. The summed E-state index contributed by atoms with van der Waals surface area (Å²) in [5.74, 6) is 1.88. The molecule has 4 rings (SSSR count). The fourth-order valence-electron chi connectivity index (χ4n) is 4.17. The molecule has 29 heavy (non-hydrogen) atoms. The molecule has 1 aliphatic rings. The van der Waals surface area contributed by atoms with Crippen molar-refractivity contribution in [2.45, 2.75) is 51.6 Å². The van der Waals surface area contributed by atoms with Gasteiger partial charge in [-0.15, -0.1) is 0 Å². The Kier molecular flexibility index (Phi) is 5.85. The summed E-state index contributed by atoms with van der Waals surface area (Å²) in [5.41, 5.74) is 9.84. The van der Waals surface area contributed by atoms with E-state index in [9.17, 15) is 5.11 Å².